The molecule has 0 atom stereocenters. The highest BCUT2D eigenvalue weighted by Crippen LogP contribution is 2.12. The van der Waals surface area contributed by atoms with Crippen LogP contribution in [-0.2, 0) is 0 Å². The van der Waals surface area contributed by atoms with Crippen LogP contribution in [0.1, 0.15) is 17.0 Å². The Morgan fingerprint density at radius 3 is 2.23 bits per heavy atom. The number of rotatable bonds is 2. The van der Waals surface area contributed by atoms with Crippen LogP contribution in [0.2, 0.25) is 0 Å². The zero-order chi connectivity index (χ0) is 9.84. The molecule has 1 rings (SSSR count). The van der Waals surface area contributed by atoms with Gasteiger partial charge in [0.2, 0.25) is 5.95 Å². The largest absolute Gasteiger partial charge is 0.368 e. The van der Waals surface area contributed by atoms with E-state index in [0.717, 1.165) is 17.0 Å². The van der Waals surface area contributed by atoms with Gasteiger partial charge in [0.25, 0.3) is 0 Å². The first-order valence-electron chi connectivity index (χ1n) is 4.05. The molecule has 68 valence electrons. The first kappa shape index (κ1) is 9.45. The molecular weight excluding hydrogens is 162 g/mol. The van der Waals surface area contributed by atoms with Crippen LogP contribution in [0.5, 0.6) is 0 Å². The number of allylic oxidation sites excluding steroid dienone is 2. The van der Waals surface area contributed by atoms with Gasteiger partial charge in [0.05, 0.1) is 11.4 Å². The smallest absolute Gasteiger partial charge is 0.220 e. The molecule has 1 heterocycles. The Kier molecular flexibility index (Phi) is 2.80. The molecule has 0 spiro atoms. The summed E-state index contributed by atoms with van der Waals surface area (Å²) in [7, 11) is 0. The van der Waals surface area contributed by atoms with Gasteiger partial charge in [0.1, 0.15) is 0 Å². The molecule has 0 bridgehead atoms. The fourth-order valence-electron chi connectivity index (χ4n) is 1.16. The van der Waals surface area contributed by atoms with E-state index in [-0.39, 0.29) is 0 Å². The van der Waals surface area contributed by atoms with E-state index < -0.39 is 0 Å². The number of nitrogen functional groups attached to an aromatic ring is 1. The van der Waals surface area contributed by atoms with Crippen molar-refractivity contribution in [3.8, 4) is 0 Å². The first-order chi connectivity index (χ1) is 6.15. The normalized spacial score (nSPS) is 10.6. The number of nitrogens with zero attached hydrogens (tertiary/aromatic N) is 2. The van der Waals surface area contributed by atoms with Gasteiger partial charge in [-0.2, -0.15) is 0 Å². The third kappa shape index (κ3) is 2.15. The van der Waals surface area contributed by atoms with Crippen LogP contribution in [0.4, 0.5) is 5.95 Å². The molecule has 3 heteroatoms. The van der Waals surface area contributed by atoms with E-state index in [0.29, 0.717) is 5.95 Å². The van der Waals surface area contributed by atoms with E-state index in [1.54, 1.807) is 6.08 Å². The van der Waals surface area contributed by atoms with Crippen LogP contribution < -0.4 is 5.73 Å². The average Bonchev–Trinajstić information content (AvgIpc) is 2.02. The molecule has 0 aliphatic carbocycles. The summed E-state index contributed by atoms with van der Waals surface area (Å²) in [6, 6.07) is 0. The SMILES string of the molecule is C=C/C=C\c1c(C)nc(N)nc1C. The molecule has 0 aliphatic heterocycles. The van der Waals surface area contributed by atoms with Crippen molar-refractivity contribution in [2.45, 2.75) is 13.8 Å². The van der Waals surface area contributed by atoms with Crippen LogP contribution in [0.3, 0.4) is 0 Å². The van der Waals surface area contributed by atoms with Crippen LogP contribution in [0.25, 0.3) is 6.08 Å². The summed E-state index contributed by atoms with van der Waals surface area (Å²) in [4.78, 5) is 8.14. The fraction of sp³-hybridized carbons (Fsp3) is 0.200. The molecule has 1 aromatic rings. The number of aromatic nitrogens is 2. The summed E-state index contributed by atoms with van der Waals surface area (Å²) in [5, 5.41) is 0. The number of anilines is 1. The lowest BCUT2D eigenvalue weighted by atomic mass is 10.1. The second kappa shape index (κ2) is 3.85. The predicted molar refractivity (Wildman–Crippen MR) is 55.1 cm³/mol. The highest BCUT2D eigenvalue weighted by Gasteiger charge is 2.02. The van der Waals surface area contributed by atoms with Crippen LogP contribution in [0, 0.1) is 13.8 Å². The third-order valence-electron chi connectivity index (χ3n) is 1.74. The average molecular weight is 175 g/mol. The summed E-state index contributed by atoms with van der Waals surface area (Å²) >= 11 is 0. The van der Waals surface area contributed by atoms with Gasteiger partial charge in [0.15, 0.2) is 0 Å². The van der Waals surface area contributed by atoms with Crippen LogP contribution >= 0.6 is 0 Å². The van der Waals surface area contributed by atoms with Gasteiger partial charge >= 0.3 is 0 Å². The molecule has 0 radical (unpaired) electrons. The molecule has 0 aliphatic rings. The maximum absolute atomic E-state index is 5.49. The molecule has 0 aromatic carbocycles. The molecular formula is C10H13N3. The van der Waals surface area contributed by atoms with Gasteiger partial charge in [-0.15, -0.1) is 0 Å². The van der Waals surface area contributed by atoms with Gasteiger partial charge in [-0.05, 0) is 13.8 Å². The number of hydrogen-bond donors (Lipinski definition) is 1. The molecule has 0 saturated heterocycles. The zero-order valence-corrected chi connectivity index (χ0v) is 7.91. The Labute approximate surface area is 78.0 Å². The van der Waals surface area contributed by atoms with Gasteiger partial charge in [0, 0.05) is 5.56 Å². The Bertz CT molecular complexity index is 330. The van der Waals surface area contributed by atoms with Crippen molar-refractivity contribution in [2.24, 2.45) is 0 Å². The van der Waals surface area contributed by atoms with E-state index in [4.69, 9.17) is 5.73 Å². The fourth-order valence-corrected chi connectivity index (χ4v) is 1.16. The van der Waals surface area contributed by atoms with Crippen molar-refractivity contribution in [1.82, 2.24) is 9.97 Å². The Morgan fingerprint density at radius 2 is 1.77 bits per heavy atom. The first-order valence-corrected chi connectivity index (χ1v) is 4.05. The lowest BCUT2D eigenvalue weighted by molar-refractivity contribution is 1.06. The van der Waals surface area contributed by atoms with E-state index in [1.807, 2.05) is 26.0 Å². The van der Waals surface area contributed by atoms with Crippen molar-refractivity contribution in [3.63, 3.8) is 0 Å². The minimum Gasteiger partial charge on any atom is -0.368 e. The lowest BCUT2D eigenvalue weighted by Crippen LogP contribution is -2.01. The standard InChI is InChI=1S/C10H13N3/c1-4-5-6-9-7(2)12-10(11)13-8(9)3/h4-6H,1H2,2-3H3,(H2,11,12,13)/b6-5-. The van der Waals surface area contributed by atoms with Crippen molar-refractivity contribution >= 4 is 12.0 Å². The molecule has 0 unspecified atom stereocenters. The van der Waals surface area contributed by atoms with Gasteiger partial charge in [-0.25, -0.2) is 9.97 Å². The van der Waals surface area contributed by atoms with Gasteiger partial charge in [-0.3, -0.25) is 0 Å². The molecule has 1 aromatic heterocycles. The highest BCUT2D eigenvalue weighted by molar-refractivity contribution is 5.56. The molecule has 0 amide bonds. The minimum absolute atomic E-state index is 0.325. The summed E-state index contributed by atoms with van der Waals surface area (Å²) in [5.74, 6) is 0.325. The van der Waals surface area contributed by atoms with Crippen molar-refractivity contribution in [1.29, 1.82) is 0 Å². The third-order valence-corrected chi connectivity index (χ3v) is 1.74. The minimum atomic E-state index is 0.325. The molecule has 13 heavy (non-hydrogen) atoms. The molecule has 3 nitrogen and oxygen atoms in total. The Hall–Kier alpha value is -1.64. The number of hydrogen-bond acceptors (Lipinski definition) is 3. The second-order valence-electron chi connectivity index (χ2n) is 2.76. The second-order valence-corrected chi connectivity index (χ2v) is 2.76. The van der Waals surface area contributed by atoms with Crippen LogP contribution in [-0.4, -0.2) is 9.97 Å². The van der Waals surface area contributed by atoms with Gasteiger partial charge < -0.3 is 5.73 Å². The highest BCUT2D eigenvalue weighted by atomic mass is 15.0. The van der Waals surface area contributed by atoms with E-state index in [2.05, 4.69) is 16.5 Å². The van der Waals surface area contributed by atoms with Crippen LogP contribution in [0.15, 0.2) is 18.7 Å². The maximum atomic E-state index is 5.49. The van der Waals surface area contributed by atoms with E-state index in [9.17, 15) is 0 Å². The van der Waals surface area contributed by atoms with Crippen molar-refractivity contribution in [2.75, 3.05) is 5.73 Å². The maximum Gasteiger partial charge on any atom is 0.220 e. The Morgan fingerprint density at radius 1 is 1.23 bits per heavy atom. The summed E-state index contributed by atoms with van der Waals surface area (Å²) in [5.41, 5.74) is 8.28. The molecule has 0 fully saturated rings. The van der Waals surface area contributed by atoms with Crippen molar-refractivity contribution in [3.05, 3.63) is 35.7 Å². The van der Waals surface area contributed by atoms with Gasteiger partial charge in [-0.1, -0.05) is 24.8 Å². The van der Waals surface area contributed by atoms with Crippen molar-refractivity contribution < 1.29 is 0 Å². The number of aryl methyl sites for hydroxylation is 2. The Balaban J connectivity index is 3.20. The van der Waals surface area contributed by atoms with E-state index >= 15 is 0 Å². The quantitative estimate of drug-likeness (QED) is 0.698. The summed E-state index contributed by atoms with van der Waals surface area (Å²) in [6.45, 7) is 7.42. The lowest BCUT2D eigenvalue weighted by Gasteiger charge is -2.03. The summed E-state index contributed by atoms with van der Waals surface area (Å²) in [6.07, 6.45) is 5.50. The van der Waals surface area contributed by atoms with E-state index in [1.165, 1.54) is 0 Å². The molecule has 0 saturated carbocycles. The summed E-state index contributed by atoms with van der Waals surface area (Å²) < 4.78 is 0. The zero-order valence-electron chi connectivity index (χ0n) is 7.91. The molecule has 2 N–H and O–H groups in total. The topological polar surface area (TPSA) is 51.8 Å². The monoisotopic (exact) mass is 175 g/mol. The number of nitrogens with two attached hydrogens (primary N) is 1. The predicted octanol–water partition coefficient (Wildman–Crippen LogP) is 1.87.